The molecule has 0 bridgehead atoms. The SMILES string of the molecule is CCC(CC)c1cccc(-c2cc(C)no2)c1OC. The Morgan fingerprint density at radius 3 is 2.53 bits per heavy atom. The summed E-state index contributed by atoms with van der Waals surface area (Å²) in [7, 11) is 1.72. The molecule has 2 rings (SSSR count). The van der Waals surface area contributed by atoms with Gasteiger partial charge in [-0.1, -0.05) is 31.1 Å². The van der Waals surface area contributed by atoms with E-state index in [0.717, 1.165) is 35.6 Å². The number of para-hydroxylation sites is 1. The average Bonchev–Trinajstić information content (AvgIpc) is 2.86. The zero-order valence-corrected chi connectivity index (χ0v) is 12.1. The van der Waals surface area contributed by atoms with Crippen molar-refractivity contribution >= 4 is 0 Å². The molecule has 0 aliphatic heterocycles. The second kappa shape index (κ2) is 5.91. The van der Waals surface area contributed by atoms with Crippen molar-refractivity contribution in [2.24, 2.45) is 0 Å². The van der Waals surface area contributed by atoms with Gasteiger partial charge in [-0.25, -0.2) is 0 Å². The molecule has 2 aromatic rings. The molecular formula is C16H21NO2. The number of hydrogen-bond donors (Lipinski definition) is 0. The van der Waals surface area contributed by atoms with E-state index in [1.165, 1.54) is 5.56 Å². The van der Waals surface area contributed by atoms with Gasteiger partial charge in [0.15, 0.2) is 5.76 Å². The van der Waals surface area contributed by atoms with Gasteiger partial charge in [0.1, 0.15) is 5.75 Å². The van der Waals surface area contributed by atoms with Crippen LogP contribution >= 0.6 is 0 Å². The largest absolute Gasteiger partial charge is 0.496 e. The smallest absolute Gasteiger partial charge is 0.170 e. The Hall–Kier alpha value is -1.77. The summed E-state index contributed by atoms with van der Waals surface area (Å²) in [6.45, 7) is 6.34. The maximum absolute atomic E-state index is 5.64. The summed E-state index contributed by atoms with van der Waals surface area (Å²) in [5, 5.41) is 3.95. The zero-order chi connectivity index (χ0) is 13.8. The van der Waals surface area contributed by atoms with Gasteiger partial charge in [-0.2, -0.15) is 0 Å². The molecule has 102 valence electrons. The fraction of sp³-hybridized carbons (Fsp3) is 0.438. The van der Waals surface area contributed by atoms with Crippen molar-refractivity contribution in [2.45, 2.75) is 39.5 Å². The number of aryl methyl sites for hydroxylation is 1. The average molecular weight is 259 g/mol. The summed E-state index contributed by atoms with van der Waals surface area (Å²) in [5.74, 6) is 2.19. The molecule has 3 nitrogen and oxygen atoms in total. The fourth-order valence-corrected chi connectivity index (χ4v) is 2.52. The predicted molar refractivity (Wildman–Crippen MR) is 76.6 cm³/mol. The fourth-order valence-electron chi connectivity index (χ4n) is 2.52. The Balaban J connectivity index is 2.53. The van der Waals surface area contributed by atoms with E-state index in [9.17, 15) is 0 Å². The Morgan fingerprint density at radius 1 is 1.26 bits per heavy atom. The molecule has 0 N–H and O–H groups in total. The van der Waals surface area contributed by atoms with Gasteiger partial charge in [0.25, 0.3) is 0 Å². The summed E-state index contributed by atoms with van der Waals surface area (Å²) in [6, 6.07) is 8.16. The van der Waals surface area contributed by atoms with Crippen LogP contribution in [0, 0.1) is 6.92 Å². The summed E-state index contributed by atoms with van der Waals surface area (Å²) in [5.41, 5.74) is 3.11. The molecule has 1 aromatic heterocycles. The highest BCUT2D eigenvalue weighted by atomic mass is 16.5. The summed E-state index contributed by atoms with van der Waals surface area (Å²) < 4.78 is 11.0. The number of benzene rings is 1. The van der Waals surface area contributed by atoms with Crippen LogP contribution in [0.5, 0.6) is 5.75 Å². The standard InChI is InChI=1S/C16H21NO2/c1-5-12(6-2)13-8-7-9-14(16(13)18-4)15-10-11(3)17-19-15/h7-10,12H,5-6H2,1-4H3. The summed E-state index contributed by atoms with van der Waals surface area (Å²) in [6.07, 6.45) is 2.21. The molecule has 0 unspecified atom stereocenters. The van der Waals surface area contributed by atoms with Gasteiger partial charge in [0.2, 0.25) is 0 Å². The third-order valence-electron chi connectivity index (χ3n) is 3.57. The molecule has 3 heteroatoms. The molecule has 0 aliphatic carbocycles. The van der Waals surface area contributed by atoms with Crippen LogP contribution in [0.25, 0.3) is 11.3 Å². The van der Waals surface area contributed by atoms with E-state index in [4.69, 9.17) is 9.26 Å². The van der Waals surface area contributed by atoms with E-state index in [0.29, 0.717) is 5.92 Å². The minimum absolute atomic E-state index is 0.513. The lowest BCUT2D eigenvalue weighted by Gasteiger charge is -2.18. The number of aromatic nitrogens is 1. The van der Waals surface area contributed by atoms with Crippen molar-refractivity contribution in [3.63, 3.8) is 0 Å². The first-order valence-electron chi connectivity index (χ1n) is 6.81. The third-order valence-corrected chi connectivity index (χ3v) is 3.57. The van der Waals surface area contributed by atoms with Crippen LogP contribution in [0.3, 0.4) is 0 Å². The molecule has 0 spiro atoms. The topological polar surface area (TPSA) is 35.3 Å². The lowest BCUT2D eigenvalue weighted by Crippen LogP contribution is -2.00. The maximum atomic E-state index is 5.64. The van der Waals surface area contributed by atoms with Gasteiger partial charge in [0.05, 0.1) is 18.4 Å². The number of methoxy groups -OCH3 is 1. The lowest BCUT2D eigenvalue weighted by atomic mass is 9.91. The van der Waals surface area contributed by atoms with Crippen LogP contribution in [-0.4, -0.2) is 12.3 Å². The van der Waals surface area contributed by atoms with E-state index in [-0.39, 0.29) is 0 Å². The van der Waals surface area contributed by atoms with Crippen molar-refractivity contribution < 1.29 is 9.26 Å². The number of hydrogen-bond acceptors (Lipinski definition) is 3. The van der Waals surface area contributed by atoms with E-state index < -0.39 is 0 Å². The summed E-state index contributed by atoms with van der Waals surface area (Å²) in [4.78, 5) is 0. The Bertz CT molecular complexity index is 541. The number of ether oxygens (including phenoxy) is 1. The molecule has 0 amide bonds. The minimum Gasteiger partial charge on any atom is -0.496 e. The molecular weight excluding hydrogens is 238 g/mol. The van der Waals surface area contributed by atoms with Gasteiger partial charge in [-0.05, 0) is 37.3 Å². The van der Waals surface area contributed by atoms with Crippen molar-refractivity contribution in [3.8, 4) is 17.1 Å². The molecule has 1 heterocycles. The van der Waals surface area contributed by atoms with E-state index in [1.54, 1.807) is 7.11 Å². The zero-order valence-electron chi connectivity index (χ0n) is 12.1. The van der Waals surface area contributed by atoms with Crippen LogP contribution in [0.2, 0.25) is 0 Å². The predicted octanol–water partition coefficient (Wildman–Crippen LogP) is 4.56. The molecule has 0 atom stereocenters. The summed E-state index contributed by atoms with van der Waals surface area (Å²) >= 11 is 0. The lowest BCUT2D eigenvalue weighted by molar-refractivity contribution is 0.396. The molecule has 0 radical (unpaired) electrons. The first kappa shape index (κ1) is 13.7. The second-order valence-corrected chi connectivity index (χ2v) is 4.77. The van der Waals surface area contributed by atoms with Crippen molar-refractivity contribution in [1.29, 1.82) is 0 Å². The van der Waals surface area contributed by atoms with Gasteiger partial charge in [-0.15, -0.1) is 0 Å². The van der Waals surface area contributed by atoms with E-state index in [1.807, 2.05) is 19.1 Å². The van der Waals surface area contributed by atoms with E-state index >= 15 is 0 Å². The maximum Gasteiger partial charge on any atom is 0.170 e. The number of rotatable bonds is 5. The Labute approximate surface area is 114 Å². The molecule has 19 heavy (non-hydrogen) atoms. The molecule has 0 fully saturated rings. The minimum atomic E-state index is 0.513. The van der Waals surface area contributed by atoms with Gasteiger partial charge < -0.3 is 9.26 Å². The van der Waals surface area contributed by atoms with Crippen LogP contribution in [0.1, 0.15) is 43.9 Å². The van der Waals surface area contributed by atoms with Crippen LogP contribution < -0.4 is 4.74 Å². The Kier molecular flexibility index (Phi) is 4.25. The second-order valence-electron chi connectivity index (χ2n) is 4.77. The molecule has 0 saturated carbocycles. The normalized spacial score (nSPS) is 11.0. The highest BCUT2D eigenvalue weighted by molar-refractivity contribution is 5.68. The van der Waals surface area contributed by atoms with Crippen LogP contribution in [-0.2, 0) is 0 Å². The van der Waals surface area contributed by atoms with Gasteiger partial charge in [0, 0.05) is 6.07 Å². The first-order chi connectivity index (χ1) is 9.21. The van der Waals surface area contributed by atoms with E-state index in [2.05, 4.69) is 31.1 Å². The quantitative estimate of drug-likeness (QED) is 0.789. The Morgan fingerprint density at radius 2 is 2.00 bits per heavy atom. The highest BCUT2D eigenvalue weighted by Gasteiger charge is 2.18. The van der Waals surface area contributed by atoms with Crippen molar-refractivity contribution in [2.75, 3.05) is 7.11 Å². The number of nitrogens with zero attached hydrogens (tertiary/aromatic N) is 1. The van der Waals surface area contributed by atoms with Crippen molar-refractivity contribution in [1.82, 2.24) is 5.16 Å². The van der Waals surface area contributed by atoms with Gasteiger partial charge in [-0.3, -0.25) is 0 Å². The van der Waals surface area contributed by atoms with Crippen LogP contribution in [0.15, 0.2) is 28.8 Å². The first-order valence-corrected chi connectivity index (χ1v) is 6.81. The van der Waals surface area contributed by atoms with Crippen LogP contribution in [0.4, 0.5) is 0 Å². The highest BCUT2D eigenvalue weighted by Crippen LogP contribution is 2.39. The molecule has 0 saturated heterocycles. The van der Waals surface area contributed by atoms with Crippen molar-refractivity contribution in [3.05, 3.63) is 35.5 Å². The molecule has 1 aromatic carbocycles. The molecule has 0 aliphatic rings. The third kappa shape index (κ3) is 2.65. The van der Waals surface area contributed by atoms with Gasteiger partial charge >= 0.3 is 0 Å². The monoisotopic (exact) mass is 259 g/mol.